The summed E-state index contributed by atoms with van der Waals surface area (Å²) in [6, 6.07) is 5.82. The highest BCUT2D eigenvalue weighted by Gasteiger charge is 2.30. The highest BCUT2D eigenvalue weighted by molar-refractivity contribution is 6.00. The predicted octanol–water partition coefficient (Wildman–Crippen LogP) is 3.25. The fraction of sp³-hybridized carbons (Fsp3) is 0.562. The molecule has 1 aliphatic heterocycles. The Morgan fingerprint density at radius 1 is 1.47 bits per heavy atom. The van der Waals surface area contributed by atoms with Gasteiger partial charge in [-0.3, -0.25) is 4.79 Å². The Balaban J connectivity index is 2.28. The van der Waals surface area contributed by atoms with Crippen molar-refractivity contribution in [1.82, 2.24) is 0 Å². The van der Waals surface area contributed by atoms with E-state index in [1.165, 1.54) is 0 Å². The van der Waals surface area contributed by atoms with Crippen molar-refractivity contribution in [3.8, 4) is 5.75 Å². The van der Waals surface area contributed by atoms with Gasteiger partial charge >= 0.3 is 0 Å². The second-order valence-corrected chi connectivity index (χ2v) is 5.24. The van der Waals surface area contributed by atoms with Crippen LogP contribution in [0.1, 0.15) is 36.2 Å². The summed E-state index contributed by atoms with van der Waals surface area (Å²) in [4.78, 5) is 12.7. The fourth-order valence-corrected chi connectivity index (χ4v) is 2.59. The molecule has 0 N–H and O–H groups in total. The summed E-state index contributed by atoms with van der Waals surface area (Å²) in [6.07, 6.45) is 0.805. The van der Waals surface area contributed by atoms with Gasteiger partial charge in [0.2, 0.25) is 0 Å². The van der Waals surface area contributed by atoms with Crippen molar-refractivity contribution in [1.29, 1.82) is 0 Å². The Kier molecular flexibility index (Phi) is 4.59. The molecule has 1 heterocycles. The average molecular weight is 262 g/mol. The third-order valence-corrected chi connectivity index (χ3v) is 3.68. The van der Waals surface area contributed by atoms with Gasteiger partial charge in [-0.2, -0.15) is 0 Å². The van der Waals surface area contributed by atoms with Gasteiger partial charge in [-0.1, -0.05) is 18.6 Å². The van der Waals surface area contributed by atoms with E-state index in [4.69, 9.17) is 9.47 Å². The van der Waals surface area contributed by atoms with Crippen molar-refractivity contribution in [3.63, 3.8) is 0 Å². The van der Waals surface area contributed by atoms with E-state index in [1.54, 1.807) is 0 Å². The second kappa shape index (κ2) is 6.20. The van der Waals surface area contributed by atoms with Gasteiger partial charge in [0.1, 0.15) is 5.75 Å². The largest absolute Gasteiger partial charge is 0.493 e. The fourth-order valence-electron chi connectivity index (χ4n) is 2.59. The van der Waals surface area contributed by atoms with E-state index in [2.05, 4.69) is 6.92 Å². The summed E-state index contributed by atoms with van der Waals surface area (Å²) in [7, 11) is 0. The highest BCUT2D eigenvalue weighted by Crippen LogP contribution is 2.30. The lowest BCUT2D eigenvalue weighted by Gasteiger charge is -2.28. The van der Waals surface area contributed by atoms with Crippen LogP contribution < -0.4 is 4.74 Å². The summed E-state index contributed by atoms with van der Waals surface area (Å²) < 4.78 is 11.0. The molecule has 0 saturated carbocycles. The van der Waals surface area contributed by atoms with Crippen molar-refractivity contribution >= 4 is 5.78 Å². The van der Waals surface area contributed by atoms with Gasteiger partial charge in [0.15, 0.2) is 5.78 Å². The molecule has 2 unspecified atom stereocenters. The molecule has 0 bridgehead atoms. The number of rotatable bonds is 4. The minimum Gasteiger partial charge on any atom is -0.493 e. The first kappa shape index (κ1) is 14.1. The first-order valence-corrected chi connectivity index (χ1v) is 6.99. The first-order chi connectivity index (χ1) is 9.13. The normalized spacial score (nSPS) is 23.1. The van der Waals surface area contributed by atoms with Crippen molar-refractivity contribution in [3.05, 3.63) is 29.3 Å². The van der Waals surface area contributed by atoms with Gasteiger partial charge in [0.25, 0.3) is 0 Å². The van der Waals surface area contributed by atoms with Gasteiger partial charge in [-0.25, -0.2) is 0 Å². The van der Waals surface area contributed by atoms with Gasteiger partial charge in [0, 0.05) is 19.1 Å². The van der Waals surface area contributed by atoms with Crippen molar-refractivity contribution in [2.45, 2.75) is 27.2 Å². The number of carbonyl (C=O) groups excluding carboxylic acids is 1. The zero-order valence-electron chi connectivity index (χ0n) is 11.9. The molecule has 0 radical (unpaired) electrons. The summed E-state index contributed by atoms with van der Waals surface area (Å²) in [5.74, 6) is 1.23. The maximum Gasteiger partial charge on any atom is 0.170 e. The molecule has 1 aromatic rings. The van der Waals surface area contributed by atoms with E-state index in [1.807, 2.05) is 32.0 Å². The number of Topliss-reactive ketones (excluding diaryl/α,β-unsaturated/α-hetero) is 1. The minimum atomic E-state index is 0.0507. The van der Waals surface area contributed by atoms with Crippen molar-refractivity contribution < 1.29 is 14.3 Å². The van der Waals surface area contributed by atoms with Crippen LogP contribution in [0.4, 0.5) is 0 Å². The van der Waals surface area contributed by atoms with Gasteiger partial charge in [-0.15, -0.1) is 0 Å². The number of hydrogen-bond donors (Lipinski definition) is 0. The monoisotopic (exact) mass is 262 g/mol. The summed E-state index contributed by atoms with van der Waals surface area (Å²) in [6.45, 7) is 7.94. The van der Waals surface area contributed by atoms with Crippen LogP contribution in [0, 0.1) is 18.8 Å². The Bertz CT molecular complexity index is 453. The van der Waals surface area contributed by atoms with Gasteiger partial charge in [-0.05, 0) is 38.3 Å². The maximum absolute atomic E-state index is 12.7. The van der Waals surface area contributed by atoms with E-state index in [0.717, 1.165) is 17.5 Å². The molecule has 3 nitrogen and oxygen atoms in total. The predicted molar refractivity (Wildman–Crippen MR) is 74.8 cm³/mol. The summed E-state index contributed by atoms with van der Waals surface area (Å²) in [5, 5.41) is 0. The summed E-state index contributed by atoms with van der Waals surface area (Å²) >= 11 is 0. The molecule has 3 heteroatoms. The number of benzene rings is 1. The van der Waals surface area contributed by atoms with Gasteiger partial charge < -0.3 is 9.47 Å². The molecule has 0 aliphatic carbocycles. The molecule has 2 rings (SSSR count). The van der Waals surface area contributed by atoms with Crippen LogP contribution in [-0.2, 0) is 4.74 Å². The molecule has 1 aromatic carbocycles. The average Bonchev–Trinajstić information content (AvgIpc) is 2.41. The number of carbonyl (C=O) groups is 1. The molecule has 104 valence electrons. The summed E-state index contributed by atoms with van der Waals surface area (Å²) in [5.41, 5.74) is 1.81. The second-order valence-electron chi connectivity index (χ2n) is 5.24. The topological polar surface area (TPSA) is 35.5 Å². The lowest BCUT2D eigenvalue weighted by molar-refractivity contribution is 0.0239. The molecule has 0 spiro atoms. The van der Waals surface area contributed by atoms with Crippen LogP contribution in [0.2, 0.25) is 0 Å². The standard InChI is InChI=1S/C16H22O3/c1-4-19-15-6-5-11(2)9-14(15)16(17)13-7-8-18-10-12(13)3/h5-6,9,12-13H,4,7-8,10H2,1-3H3. The van der Waals surface area contributed by atoms with Crippen molar-refractivity contribution in [2.75, 3.05) is 19.8 Å². The van der Waals surface area contributed by atoms with Crippen LogP contribution in [0.3, 0.4) is 0 Å². The third kappa shape index (κ3) is 3.16. The number of hydrogen-bond acceptors (Lipinski definition) is 3. The molecule has 0 aromatic heterocycles. The zero-order chi connectivity index (χ0) is 13.8. The molecule has 1 fully saturated rings. The number of ketones is 1. The van der Waals surface area contributed by atoms with Crippen LogP contribution in [-0.4, -0.2) is 25.6 Å². The minimum absolute atomic E-state index is 0.0507. The molecule has 19 heavy (non-hydrogen) atoms. The van der Waals surface area contributed by atoms with E-state index in [0.29, 0.717) is 25.6 Å². The Morgan fingerprint density at radius 2 is 2.26 bits per heavy atom. The highest BCUT2D eigenvalue weighted by atomic mass is 16.5. The van der Waals surface area contributed by atoms with E-state index in [-0.39, 0.29) is 17.6 Å². The lowest BCUT2D eigenvalue weighted by Crippen LogP contribution is -2.31. The van der Waals surface area contributed by atoms with Gasteiger partial charge in [0.05, 0.1) is 12.2 Å². The third-order valence-electron chi connectivity index (χ3n) is 3.68. The quantitative estimate of drug-likeness (QED) is 0.781. The molecule has 2 atom stereocenters. The molecular weight excluding hydrogens is 240 g/mol. The van der Waals surface area contributed by atoms with Crippen LogP contribution in [0.15, 0.2) is 18.2 Å². The van der Waals surface area contributed by atoms with Crippen LogP contribution in [0.5, 0.6) is 5.75 Å². The van der Waals surface area contributed by atoms with Crippen LogP contribution in [0.25, 0.3) is 0 Å². The Hall–Kier alpha value is -1.35. The van der Waals surface area contributed by atoms with E-state index < -0.39 is 0 Å². The number of aryl methyl sites for hydroxylation is 1. The lowest BCUT2D eigenvalue weighted by atomic mass is 9.83. The van der Waals surface area contributed by atoms with E-state index in [9.17, 15) is 4.79 Å². The molecule has 1 saturated heterocycles. The Morgan fingerprint density at radius 3 is 2.95 bits per heavy atom. The van der Waals surface area contributed by atoms with Crippen molar-refractivity contribution in [2.24, 2.45) is 11.8 Å². The Labute approximate surface area is 114 Å². The number of ether oxygens (including phenoxy) is 2. The zero-order valence-corrected chi connectivity index (χ0v) is 11.9. The maximum atomic E-state index is 12.7. The molecule has 0 amide bonds. The van der Waals surface area contributed by atoms with Crippen LogP contribution >= 0.6 is 0 Å². The first-order valence-electron chi connectivity index (χ1n) is 6.99. The SMILES string of the molecule is CCOc1ccc(C)cc1C(=O)C1CCOCC1C. The molecular formula is C16H22O3. The smallest absolute Gasteiger partial charge is 0.170 e. The molecule has 1 aliphatic rings. The van der Waals surface area contributed by atoms with E-state index >= 15 is 0 Å².